The van der Waals surface area contributed by atoms with Gasteiger partial charge in [0.1, 0.15) is 11.8 Å². The molecule has 36 heavy (non-hydrogen) atoms. The van der Waals surface area contributed by atoms with Crippen molar-refractivity contribution in [2.45, 2.75) is 64.3 Å². The van der Waals surface area contributed by atoms with Gasteiger partial charge in [-0.05, 0) is 67.5 Å². The van der Waals surface area contributed by atoms with Gasteiger partial charge in [-0.2, -0.15) is 0 Å². The molecule has 0 saturated carbocycles. The van der Waals surface area contributed by atoms with E-state index in [-0.39, 0.29) is 45.4 Å². The first-order chi connectivity index (χ1) is 17.3. The fraction of sp³-hybridized carbons (Fsp3) is 0.481. The van der Waals surface area contributed by atoms with Gasteiger partial charge in [-0.1, -0.05) is 13.8 Å². The zero-order valence-electron chi connectivity index (χ0n) is 20.9. The number of fused-ring (bicyclic) bond motifs is 1. The van der Waals surface area contributed by atoms with Crippen LogP contribution in [-0.4, -0.2) is 42.7 Å². The summed E-state index contributed by atoms with van der Waals surface area (Å²) in [7, 11) is 0. The molecule has 4 N–H and O–H groups in total. The van der Waals surface area contributed by atoms with Crippen LogP contribution in [0.1, 0.15) is 50.9 Å². The van der Waals surface area contributed by atoms with Crippen LogP contribution in [0.25, 0.3) is 20.5 Å². The maximum absolute atomic E-state index is 14.1. The van der Waals surface area contributed by atoms with Crippen molar-refractivity contribution < 1.29 is 23.0 Å². The fourth-order valence-corrected chi connectivity index (χ4v) is 4.96. The minimum absolute atomic E-state index is 0.0420. The van der Waals surface area contributed by atoms with Crippen molar-refractivity contribution in [1.82, 2.24) is 4.98 Å². The second kappa shape index (κ2) is 13.1. The van der Waals surface area contributed by atoms with E-state index in [1.54, 1.807) is 11.3 Å². The lowest BCUT2D eigenvalue weighted by molar-refractivity contribution is -0.145. The van der Waals surface area contributed by atoms with Gasteiger partial charge < -0.3 is 20.9 Å². The Labute approximate surface area is 215 Å². The number of nitrogens with zero attached hydrogens (tertiary/aromatic N) is 1. The molecule has 1 aromatic carbocycles. The number of benzene rings is 1. The number of thiophene rings is 1. The van der Waals surface area contributed by atoms with E-state index in [0.717, 1.165) is 44.8 Å². The molecule has 3 rings (SSSR count). The lowest BCUT2D eigenvalue weighted by Gasteiger charge is -2.17. The molecule has 0 fully saturated rings. The number of halogens is 2. The van der Waals surface area contributed by atoms with E-state index in [1.807, 2.05) is 18.2 Å². The molecule has 0 radical (unpaired) electrons. The molecule has 1 unspecified atom stereocenters. The maximum atomic E-state index is 14.1. The van der Waals surface area contributed by atoms with E-state index in [9.17, 15) is 13.6 Å². The Bertz CT molecular complexity index is 1150. The average molecular weight is 520 g/mol. The highest BCUT2D eigenvalue weighted by atomic mass is 32.1. The van der Waals surface area contributed by atoms with Crippen LogP contribution in [0.2, 0.25) is 0 Å². The highest BCUT2D eigenvalue weighted by Gasteiger charge is 2.28. The molecule has 1 atom stereocenters. The summed E-state index contributed by atoms with van der Waals surface area (Å²) in [4.78, 5) is 17.3. The number of aromatic nitrogens is 1. The van der Waals surface area contributed by atoms with Crippen molar-refractivity contribution >= 4 is 27.4 Å². The predicted octanol–water partition coefficient (Wildman–Crippen LogP) is 5.49. The smallest absolute Gasteiger partial charge is 0.324 e. The van der Waals surface area contributed by atoms with Gasteiger partial charge in [-0.3, -0.25) is 9.78 Å². The second-order valence-electron chi connectivity index (χ2n) is 8.74. The molecule has 0 aliphatic rings. The lowest BCUT2D eigenvalue weighted by atomic mass is 10.1. The molecule has 6 nitrogen and oxygen atoms in total. The zero-order valence-corrected chi connectivity index (χ0v) is 21.7. The summed E-state index contributed by atoms with van der Waals surface area (Å²) in [5.41, 5.74) is 14.0. The Kier molecular flexibility index (Phi) is 10.2. The Morgan fingerprint density at radius 2 is 1.83 bits per heavy atom. The third-order valence-corrected chi connectivity index (χ3v) is 7.06. The molecule has 3 aromatic rings. The first-order valence-corrected chi connectivity index (χ1v) is 13.2. The number of hydrogen-bond donors (Lipinski definition) is 2. The van der Waals surface area contributed by atoms with Gasteiger partial charge in [0.2, 0.25) is 5.92 Å². The van der Waals surface area contributed by atoms with Crippen molar-refractivity contribution in [3.63, 3.8) is 0 Å². The van der Waals surface area contributed by atoms with Gasteiger partial charge in [0.15, 0.2) is 0 Å². The number of esters is 1. The van der Waals surface area contributed by atoms with Crippen LogP contribution < -0.4 is 16.2 Å². The minimum atomic E-state index is -2.85. The summed E-state index contributed by atoms with van der Waals surface area (Å²) in [6, 6.07) is 11.3. The van der Waals surface area contributed by atoms with Crippen LogP contribution in [0.5, 0.6) is 5.75 Å². The monoisotopic (exact) mass is 519 g/mol. The van der Waals surface area contributed by atoms with Gasteiger partial charge in [-0.15, -0.1) is 11.3 Å². The molecule has 0 saturated heterocycles. The molecular formula is C27H35F2N3O3S. The highest BCUT2D eigenvalue weighted by Crippen LogP contribution is 2.37. The summed E-state index contributed by atoms with van der Waals surface area (Å²) in [6.07, 6.45) is 1.39. The largest absolute Gasteiger partial charge is 0.494 e. The van der Waals surface area contributed by atoms with E-state index >= 15 is 0 Å². The van der Waals surface area contributed by atoms with Crippen LogP contribution in [0, 0.1) is 0 Å². The number of pyridine rings is 1. The van der Waals surface area contributed by atoms with Crippen molar-refractivity contribution in [3.8, 4) is 16.2 Å². The van der Waals surface area contributed by atoms with Gasteiger partial charge >= 0.3 is 5.97 Å². The van der Waals surface area contributed by atoms with E-state index in [1.165, 1.54) is 0 Å². The molecule has 0 spiro atoms. The Balaban J connectivity index is 1.49. The van der Waals surface area contributed by atoms with E-state index in [0.29, 0.717) is 5.75 Å². The molecule has 2 heterocycles. The van der Waals surface area contributed by atoms with Gasteiger partial charge in [0.25, 0.3) is 0 Å². The van der Waals surface area contributed by atoms with Crippen LogP contribution in [0.4, 0.5) is 8.78 Å². The zero-order chi connectivity index (χ0) is 26.1. The van der Waals surface area contributed by atoms with Crippen LogP contribution in [0.15, 0.2) is 36.4 Å². The van der Waals surface area contributed by atoms with Crippen LogP contribution >= 0.6 is 11.3 Å². The van der Waals surface area contributed by atoms with Crippen molar-refractivity contribution in [1.29, 1.82) is 0 Å². The summed E-state index contributed by atoms with van der Waals surface area (Å²) < 4.78 is 40.0. The Morgan fingerprint density at radius 1 is 1.08 bits per heavy atom. The number of ether oxygens (including phenoxy) is 2. The number of aryl methyl sites for hydroxylation is 2. The molecule has 196 valence electrons. The van der Waals surface area contributed by atoms with Gasteiger partial charge in [0.05, 0.1) is 13.2 Å². The van der Waals surface area contributed by atoms with Crippen molar-refractivity contribution in [2.24, 2.45) is 11.5 Å². The Morgan fingerprint density at radius 3 is 2.53 bits per heavy atom. The number of carbonyl (C=O) groups excluding carboxylic acids is 1. The summed E-state index contributed by atoms with van der Waals surface area (Å²) in [5.74, 6) is -2.85. The highest BCUT2D eigenvalue weighted by molar-refractivity contribution is 7.22. The summed E-state index contributed by atoms with van der Waals surface area (Å²) in [6.45, 7) is 4.27. The number of carbonyl (C=O) groups is 1. The normalized spacial score (nSPS) is 12.6. The third-order valence-electron chi connectivity index (χ3n) is 5.93. The van der Waals surface area contributed by atoms with Gasteiger partial charge in [-0.25, -0.2) is 8.78 Å². The first kappa shape index (κ1) is 28.0. The summed E-state index contributed by atoms with van der Waals surface area (Å²) in [5, 5.41) is 1.11. The van der Waals surface area contributed by atoms with E-state index in [4.69, 9.17) is 25.9 Å². The molecule has 2 aromatic heterocycles. The molecule has 0 amide bonds. The van der Waals surface area contributed by atoms with Crippen LogP contribution in [-0.2, 0) is 22.4 Å². The lowest BCUT2D eigenvalue weighted by Crippen LogP contribution is -2.39. The predicted molar refractivity (Wildman–Crippen MR) is 141 cm³/mol. The third kappa shape index (κ3) is 7.69. The first-order valence-electron chi connectivity index (χ1n) is 12.4. The van der Waals surface area contributed by atoms with Crippen molar-refractivity contribution in [2.75, 3.05) is 19.8 Å². The molecule has 9 heteroatoms. The number of hydrogen-bond acceptors (Lipinski definition) is 7. The Hall–Kier alpha value is -2.62. The van der Waals surface area contributed by atoms with Crippen LogP contribution in [0.3, 0.4) is 0 Å². The van der Waals surface area contributed by atoms with Gasteiger partial charge in [0, 0.05) is 45.9 Å². The quantitative estimate of drug-likeness (QED) is 0.216. The number of nitrogens with two attached hydrogens (primary N) is 2. The van der Waals surface area contributed by atoms with Crippen molar-refractivity contribution in [3.05, 3.63) is 47.8 Å². The van der Waals surface area contributed by atoms with E-state index in [2.05, 4.69) is 32.0 Å². The summed E-state index contributed by atoms with van der Waals surface area (Å²) >= 11 is 1.68. The number of rotatable bonds is 14. The molecule has 0 bridgehead atoms. The maximum Gasteiger partial charge on any atom is 0.324 e. The molecule has 0 aliphatic carbocycles. The standard InChI is InChI=1S/C27H35F2N3O3S/c1-3-19-8-10-21(23(4-2)32-19)25-15-18-7-9-20(16-24(18)36-25)34-13-5-11-27(28,29)12-6-14-35-26(33)22(31)17-30/h7-10,15-16,22H,3-6,11-14,17,30-31H2,1-2H3. The molecule has 0 aliphatic heterocycles. The van der Waals surface area contributed by atoms with E-state index < -0.39 is 17.9 Å². The topological polar surface area (TPSA) is 100 Å². The average Bonchev–Trinajstić information content (AvgIpc) is 3.31. The fourth-order valence-electron chi connectivity index (χ4n) is 3.82. The minimum Gasteiger partial charge on any atom is -0.494 e. The molecular weight excluding hydrogens is 484 g/mol. The number of alkyl halides is 2. The SMILES string of the molecule is CCc1ccc(-c2cc3ccc(OCCCC(F)(F)CCCOC(=O)C(N)CN)cc3s2)c(CC)n1. The second-order valence-corrected chi connectivity index (χ2v) is 9.82.